The van der Waals surface area contributed by atoms with E-state index in [0.717, 1.165) is 26.1 Å². The quantitative estimate of drug-likeness (QED) is 0.438. The third kappa shape index (κ3) is 5.72. The highest BCUT2D eigenvalue weighted by Crippen LogP contribution is 2.18. The zero-order chi connectivity index (χ0) is 19.6. The molecule has 0 bridgehead atoms. The second-order valence-electron chi connectivity index (χ2n) is 6.57. The summed E-state index contributed by atoms with van der Waals surface area (Å²) in [5.41, 5.74) is 3.78. The summed E-state index contributed by atoms with van der Waals surface area (Å²) in [5, 5.41) is 1.28. The SMILES string of the molecule is COC(=O)OC/C=C/CN(CCc1c[nH]c2ccccc12)Cc1ccccc1. The second kappa shape index (κ2) is 10.3. The Morgan fingerprint density at radius 2 is 1.86 bits per heavy atom. The Morgan fingerprint density at radius 3 is 2.68 bits per heavy atom. The molecule has 0 atom stereocenters. The van der Waals surface area contributed by atoms with Crippen molar-refractivity contribution in [2.24, 2.45) is 0 Å². The number of carbonyl (C=O) groups is 1. The van der Waals surface area contributed by atoms with Crippen molar-refractivity contribution in [2.75, 3.05) is 26.8 Å². The number of hydrogen-bond acceptors (Lipinski definition) is 4. The van der Waals surface area contributed by atoms with Crippen LogP contribution in [0.15, 0.2) is 72.9 Å². The molecule has 0 fully saturated rings. The van der Waals surface area contributed by atoms with Crippen LogP contribution in [0.5, 0.6) is 0 Å². The van der Waals surface area contributed by atoms with Crippen molar-refractivity contribution in [3.8, 4) is 0 Å². The number of rotatable bonds is 9. The number of benzene rings is 2. The van der Waals surface area contributed by atoms with Crippen LogP contribution in [0.25, 0.3) is 10.9 Å². The van der Waals surface area contributed by atoms with Gasteiger partial charge in [0.25, 0.3) is 0 Å². The maximum atomic E-state index is 11.0. The molecule has 28 heavy (non-hydrogen) atoms. The number of aromatic nitrogens is 1. The molecule has 0 unspecified atom stereocenters. The van der Waals surface area contributed by atoms with Crippen molar-refractivity contribution in [3.05, 3.63) is 84.1 Å². The van der Waals surface area contributed by atoms with Crippen LogP contribution in [0, 0.1) is 0 Å². The van der Waals surface area contributed by atoms with Crippen molar-refractivity contribution in [1.29, 1.82) is 0 Å². The fourth-order valence-corrected chi connectivity index (χ4v) is 3.16. The maximum Gasteiger partial charge on any atom is 0.508 e. The molecule has 0 aliphatic carbocycles. The summed E-state index contributed by atoms with van der Waals surface area (Å²) in [5.74, 6) is 0. The summed E-state index contributed by atoms with van der Waals surface area (Å²) >= 11 is 0. The lowest BCUT2D eigenvalue weighted by atomic mass is 10.1. The van der Waals surface area contributed by atoms with Crippen molar-refractivity contribution >= 4 is 17.1 Å². The van der Waals surface area contributed by atoms with E-state index >= 15 is 0 Å². The number of fused-ring (bicyclic) bond motifs is 1. The van der Waals surface area contributed by atoms with E-state index in [1.807, 2.05) is 24.3 Å². The van der Waals surface area contributed by atoms with Gasteiger partial charge in [0.05, 0.1) is 7.11 Å². The van der Waals surface area contributed by atoms with E-state index in [1.165, 1.54) is 29.1 Å². The zero-order valence-corrected chi connectivity index (χ0v) is 16.1. The van der Waals surface area contributed by atoms with Gasteiger partial charge in [0, 0.05) is 36.7 Å². The highest BCUT2D eigenvalue weighted by molar-refractivity contribution is 5.83. The Morgan fingerprint density at radius 1 is 1.07 bits per heavy atom. The van der Waals surface area contributed by atoms with Gasteiger partial charge in [-0.1, -0.05) is 54.6 Å². The average molecular weight is 378 g/mol. The van der Waals surface area contributed by atoms with Crippen LogP contribution >= 0.6 is 0 Å². The fraction of sp³-hybridized carbons (Fsp3) is 0.261. The molecule has 146 valence electrons. The first-order valence-electron chi connectivity index (χ1n) is 9.43. The van der Waals surface area contributed by atoms with Gasteiger partial charge in [-0.3, -0.25) is 4.90 Å². The van der Waals surface area contributed by atoms with Gasteiger partial charge in [-0.25, -0.2) is 4.79 Å². The molecular weight excluding hydrogens is 352 g/mol. The van der Waals surface area contributed by atoms with Crippen molar-refractivity contribution in [3.63, 3.8) is 0 Å². The number of nitrogens with one attached hydrogen (secondary N) is 1. The lowest BCUT2D eigenvalue weighted by Crippen LogP contribution is -2.26. The molecule has 0 saturated heterocycles. The lowest BCUT2D eigenvalue weighted by molar-refractivity contribution is 0.0817. The van der Waals surface area contributed by atoms with Crippen LogP contribution in [-0.2, 0) is 22.4 Å². The van der Waals surface area contributed by atoms with Crippen LogP contribution in [0.3, 0.4) is 0 Å². The number of methoxy groups -OCH3 is 1. The molecule has 0 aliphatic rings. The molecule has 5 nitrogen and oxygen atoms in total. The van der Waals surface area contributed by atoms with E-state index in [1.54, 1.807) is 0 Å². The first-order valence-corrected chi connectivity index (χ1v) is 9.43. The summed E-state index contributed by atoms with van der Waals surface area (Å²) < 4.78 is 9.35. The topological polar surface area (TPSA) is 54.6 Å². The molecule has 1 N–H and O–H groups in total. The molecule has 5 heteroatoms. The average Bonchev–Trinajstić information content (AvgIpc) is 3.15. The summed E-state index contributed by atoms with van der Waals surface area (Å²) in [7, 11) is 1.30. The number of H-pyrrole nitrogens is 1. The predicted molar refractivity (Wildman–Crippen MR) is 111 cm³/mol. The first-order chi connectivity index (χ1) is 13.8. The number of hydrogen-bond donors (Lipinski definition) is 1. The molecule has 0 amide bonds. The minimum Gasteiger partial charge on any atom is -0.438 e. The third-order valence-electron chi connectivity index (χ3n) is 4.62. The van der Waals surface area contributed by atoms with E-state index in [9.17, 15) is 4.79 Å². The molecule has 0 radical (unpaired) electrons. The number of para-hydroxylation sites is 1. The van der Waals surface area contributed by atoms with Crippen molar-refractivity contribution in [2.45, 2.75) is 13.0 Å². The Bertz CT molecular complexity index is 902. The first kappa shape index (κ1) is 19.7. The van der Waals surface area contributed by atoms with Crippen LogP contribution in [0.1, 0.15) is 11.1 Å². The van der Waals surface area contributed by atoms with Crippen LogP contribution in [-0.4, -0.2) is 42.8 Å². The van der Waals surface area contributed by atoms with Gasteiger partial charge < -0.3 is 14.5 Å². The Labute approximate surface area is 165 Å². The molecule has 0 saturated carbocycles. The smallest absolute Gasteiger partial charge is 0.438 e. The Balaban J connectivity index is 1.60. The van der Waals surface area contributed by atoms with Gasteiger partial charge in [0.15, 0.2) is 0 Å². The van der Waals surface area contributed by atoms with E-state index in [0.29, 0.717) is 0 Å². The van der Waals surface area contributed by atoms with Gasteiger partial charge in [-0.2, -0.15) is 0 Å². The Hall–Kier alpha value is -3.05. The zero-order valence-electron chi connectivity index (χ0n) is 16.1. The minimum atomic E-state index is -0.662. The molecule has 0 aliphatic heterocycles. The number of carbonyl (C=O) groups excluding carboxylic acids is 1. The monoisotopic (exact) mass is 378 g/mol. The number of ether oxygens (including phenoxy) is 2. The molecule has 1 aromatic heterocycles. The van der Waals surface area contributed by atoms with Crippen molar-refractivity contribution in [1.82, 2.24) is 9.88 Å². The number of aromatic amines is 1. The van der Waals surface area contributed by atoms with Gasteiger partial charge in [0.1, 0.15) is 6.61 Å². The lowest BCUT2D eigenvalue weighted by Gasteiger charge is -2.21. The van der Waals surface area contributed by atoms with Crippen molar-refractivity contribution < 1.29 is 14.3 Å². The summed E-state index contributed by atoms with van der Waals surface area (Å²) in [6.07, 6.45) is 6.28. The van der Waals surface area contributed by atoms with Gasteiger partial charge in [-0.15, -0.1) is 0 Å². The third-order valence-corrected chi connectivity index (χ3v) is 4.62. The number of nitrogens with zero attached hydrogens (tertiary/aromatic N) is 1. The minimum absolute atomic E-state index is 0.217. The fourth-order valence-electron chi connectivity index (χ4n) is 3.16. The van der Waals surface area contributed by atoms with Gasteiger partial charge in [0.2, 0.25) is 0 Å². The second-order valence-corrected chi connectivity index (χ2v) is 6.57. The summed E-state index contributed by atoms with van der Waals surface area (Å²) in [6, 6.07) is 18.8. The molecular formula is C23H26N2O3. The van der Waals surface area contributed by atoms with Gasteiger partial charge >= 0.3 is 6.16 Å². The standard InChI is InChI=1S/C23H26N2O3/c1-27-23(26)28-16-8-7-14-25(18-19-9-3-2-4-10-19)15-13-20-17-24-22-12-6-5-11-21(20)22/h2-12,17,24H,13-16,18H2,1H3/b8-7+. The van der Waals surface area contributed by atoms with E-state index in [4.69, 9.17) is 4.74 Å². The largest absolute Gasteiger partial charge is 0.508 e. The van der Waals surface area contributed by atoms with E-state index in [2.05, 4.69) is 63.3 Å². The highest BCUT2D eigenvalue weighted by atomic mass is 16.7. The molecule has 3 aromatic rings. The summed E-state index contributed by atoms with van der Waals surface area (Å²) in [6.45, 7) is 2.79. The van der Waals surface area contributed by atoms with Crippen LogP contribution in [0.2, 0.25) is 0 Å². The van der Waals surface area contributed by atoms with E-state index in [-0.39, 0.29) is 6.61 Å². The summed E-state index contributed by atoms with van der Waals surface area (Å²) in [4.78, 5) is 16.7. The van der Waals surface area contributed by atoms with E-state index < -0.39 is 6.16 Å². The molecule has 1 heterocycles. The molecule has 3 rings (SSSR count). The van der Waals surface area contributed by atoms with Gasteiger partial charge in [-0.05, 0) is 29.7 Å². The molecule has 2 aromatic carbocycles. The predicted octanol–water partition coefficient (Wildman–Crippen LogP) is 4.55. The normalized spacial score (nSPS) is 11.4. The van der Waals surface area contributed by atoms with Crippen LogP contribution < -0.4 is 0 Å². The van der Waals surface area contributed by atoms with Crippen LogP contribution in [0.4, 0.5) is 4.79 Å². The Kier molecular flexibility index (Phi) is 7.27. The maximum absolute atomic E-state index is 11.0. The highest BCUT2D eigenvalue weighted by Gasteiger charge is 2.08. The molecule has 0 spiro atoms.